The number of nitrogen functional groups attached to an aromatic ring is 1. The maximum atomic E-state index is 12.0. The van der Waals surface area contributed by atoms with Gasteiger partial charge in [-0.2, -0.15) is 5.10 Å². The van der Waals surface area contributed by atoms with Crippen LogP contribution < -0.4 is 11.1 Å². The average molecular weight is 358 g/mol. The molecule has 0 saturated carbocycles. The van der Waals surface area contributed by atoms with Crippen LogP contribution in [0, 0.1) is 13.8 Å². The van der Waals surface area contributed by atoms with Gasteiger partial charge in [-0.25, -0.2) is 0 Å². The van der Waals surface area contributed by atoms with Gasteiger partial charge in [0.2, 0.25) is 5.91 Å². The Bertz CT molecular complexity index is 669. The standard InChI is InChI=1S/C13H14BrClN4O/c1-7-13(16)8(2)19(18-7)6-12(20)17-11-4-3-9(14)5-10(11)15/h3-5H,6,16H2,1-2H3,(H,17,20). The van der Waals surface area contributed by atoms with Gasteiger partial charge >= 0.3 is 0 Å². The highest BCUT2D eigenvalue weighted by molar-refractivity contribution is 9.10. The lowest BCUT2D eigenvalue weighted by Gasteiger charge is -2.08. The van der Waals surface area contributed by atoms with Gasteiger partial charge in [-0.15, -0.1) is 0 Å². The van der Waals surface area contributed by atoms with Crippen molar-refractivity contribution in [3.05, 3.63) is 39.1 Å². The number of amides is 1. The number of nitrogens with two attached hydrogens (primary N) is 1. The second-order valence-corrected chi connectivity index (χ2v) is 5.74. The first-order chi connectivity index (χ1) is 9.38. The van der Waals surface area contributed by atoms with Gasteiger partial charge in [0.1, 0.15) is 6.54 Å². The van der Waals surface area contributed by atoms with Crippen LogP contribution in [0.25, 0.3) is 0 Å². The van der Waals surface area contributed by atoms with Gasteiger partial charge in [0, 0.05) is 4.47 Å². The Morgan fingerprint density at radius 2 is 2.20 bits per heavy atom. The van der Waals surface area contributed by atoms with Crippen LogP contribution in [0.5, 0.6) is 0 Å². The summed E-state index contributed by atoms with van der Waals surface area (Å²) in [6, 6.07) is 5.27. The highest BCUT2D eigenvalue weighted by atomic mass is 79.9. The summed E-state index contributed by atoms with van der Waals surface area (Å²) in [6.45, 7) is 3.73. The second kappa shape index (κ2) is 5.85. The SMILES string of the molecule is Cc1nn(CC(=O)Nc2ccc(Br)cc2Cl)c(C)c1N. The lowest BCUT2D eigenvalue weighted by atomic mass is 10.3. The van der Waals surface area contributed by atoms with E-state index in [1.54, 1.807) is 16.8 Å². The Hall–Kier alpha value is -1.53. The van der Waals surface area contributed by atoms with E-state index in [-0.39, 0.29) is 12.5 Å². The van der Waals surface area contributed by atoms with E-state index in [2.05, 4.69) is 26.3 Å². The Balaban J connectivity index is 2.11. The summed E-state index contributed by atoms with van der Waals surface area (Å²) in [5, 5.41) is 7.44. The zero-order valence-corrected chi connectivity index (χ0v) is 13.4. The Morgan fingerprint density at radius 1 is 1.50 bits per heavy atom. The van der Waals surface area contributed by atoms with Crippen molar-refractivity contribution in [2.75, 3.05) is 11.1 Å². The minimum absolute atomic E-state index is 0.0935. The molecule has 0 aliphatic rings. The number of halogens is 2. The molecule has 0 spiro atoms. The molecule has 3 N–H and O–H groups in total. The van der Waals surface area contributed by atoms with Crippen molar-refractivity contribution in [1.82, 2.24) is 9.78 Å². The lowest BCUT2D eigenvalue weighted by molar-refractivity contribution is -0.116. The maximum absolute atomic E-state index is 12.0. The highest BCUT2D eigenvalue weighted by Crippen LogP contribution is 2.25. The van der Waals surface area contributed by atoms with Crippen LogP contribution in [0.15, 0.2) is 22.7 Å². The van der Waals surface area contributed by atoms with Crippen molar-refractivity contribution in [2.45, 2.75) is 20.4 Å². The van der Waals surface area contributed by atoms with Crippen LogP contribution in [0.3, 0.4) is 0 Å². The molecule has 106 valence electrons. The molecule has 1 aromatic heterocycles. The highest BCUT2D eigenvalue weighted by Gasteiger charge is 2.12. The van der Waals surface area contributed by atoms with Crippen molar-refractivity contribution in [1.29, 1.82) is 0 Å². The molecule has 0 unspecified atom stereocenters. The van der Waals surface area contributed by atoms with Crippen LogP contribution in [0.1, 0.15) is 11.4 Å². The zero-order chi connectivity index (χ0) is 14.9. The van der Waals surface area contributed by atoms with Crippen LogP contribution in [-0.4, -0.2) is 15.7 Å². The molecule has 2 rings (SSSR count). The van der Waals surface area contributed by atoms with Crippen molar-refractivity contribution in [2.24, 2.45) is 0 Å². The summed E-state index contributed by atoms with van der Waals surface area (Å²) >= 11 is 9.36. The predicted octanol–water partition coefficient (Wildman–Crippen LogP) is 3.14. The fourth-order valence-electron chi connectivity index (χ4n) is 1.78. The Morgan fingerprint density at radius 3 is 2.75 bits per heavy atom. The first-order valence-corrected chi connectivity index (χ1v) is 7.10. The number of carbonyl (C=O) groups excluding carboxylic acids is 1. The molecular weight excluding hydrogens is 344 g/mol. The minimum Gasteiger partial charge on any atom is -0.396 e. The van der Waals surface area contributed by atoms with Gasteiger partial charge in [-0.05, 0) is 32.0 Å². The molecule has 0 fully saturated rings. The number of aromatic nitrogens is 2. The van der Waals surface area contributed by atoms with Crippen molar-refractivity contribution in [3.63, 3.8) is 0 Å². The molecule has 1 amide bonds. The maximum Gasteiger partial charge on any atom is 0.246 e. The fourth-order valence-corrected chi connectivity index (χ4v) is 2.50. The minimum atomic E-state index is -0.208. The van der Waals surface area contributed by atoms with Crippen molar-refractivity contribution in [3.8, 4) is 0 Å². The molecule has 7 heteroatoms. The molecule has 0 aliphatic carbocycles. The first kappa shape index (κ1) is 14.9. The third-order valence-electron chi connectivity index (χ3n) is 2.94. The third-order valence-corrected chi connectivity index (χ3v) is 3.74. The van der Waals surface area contributed by atoms with Gasteiger partial charge in [-0.1, -0.05) is 27.5 Å². The summed E-state index contributed by atoms with van der Waals surface area (Å²) in [5.41, 5.74) is 8.50. The van der Waals surface area contributed by atoms with Crippen LogP contribution in [0.4, 0.5) is 11.4 Å². The van der Waals surface area contributed by atoms with E-state index < -0.39 is 0 Å². The van der Waals surface area contributed by atoms with Crippen molar-refractivity contribution < 1.29 is 4.79 Å². The van der Waals surface area contributed by atoms with Gasteiger partial charge in [-0.3, -0.25) is 9.48 Å². The van der Waals surface area contributed by atoms with Crippen LogP contribution in [-0.2, 0) is 11.3 Å². The number of benzene rings is 1. The molecule has 0 atom stereocenters. The number of carbonyl (C=O) groups is 1. The van der Waals surface area contributed by atoms with E-state index in [0.29, 0.717) is 16.4 Å². The second-order valence-electron chi connectivity index (χ2n) is 4.41. The largest absolute Gasteiger partial charge is 0.396 e. The molecule has 1 aromatic carbocycles. The molecule has 5 nitrogen and oxygen atoms in total. The van der Waals surface area contributed by atoms with E-state index in [1.165, 1.54) is 0 Å². The number of hydrogen-bond donors (Lipinski definition) is 2. The molecule has 0 radical (unpaired) electrons. The fraction of sp³-hybridized carbons (Fsp3) is 0.231. The molecule has 0 bridgehead atoms. The normalized spacial score (nSPS) is 10.6. The van der Waals surface area contributed by atoms with Gasteiger partial charge < -0.3 is 11.1 Å². The molecule has 0 saturated heterocycles. The van der Waals surface area contributed by atoms with Crippen molar-refractivity contribution >= 4 is 44.8 Å². The van der Waals surface area contributed by atoms with Crippen LogP contribution >= 0.6 is 27.5 Å². The van der Waals surface area contributed by atoms with Gasteiger partial charge in [0.15, 0.2) is 0 Å². The van der Waals surface area contributed by atoms with Gasteiger partial charge in [0.05, 0.1) is 27.8 Å². The van der Waals surface area contributed by atoms with E-state index in [0.717, 1.165) is 15.9 Å². The number of aryl methyl sites for hydroxylation is 1. The Kier molecular flexibility index (Phi) is 4.35. The zero-order valence-electron chi connectivity index (χ0n) is 11.1. The first-order valence-electron chi connectivity index (χ1n) is 5.93. The summed E-state index contributed by atoms with van der Waals surface area (Å²) in [4.78, 5) is 12.0. The van der Waals surface area contributed by atoms with Gasteiger partial charge in [0.25, 0.3) is 0 Å². The summed E-state index contributed by atoms with van der Waals surface area (Å²) in [5.74, 6) is -0.208. The number of nitrogens with zero attached hydrogens (tertiary/aromatic N) is 2. The topological polar surface area (TPSA) is 72.9 Å². The monoisotopic (exact) mass is 356 g/mol. The number of anilines is 2. The molecule has 1 heterocycles. The predicted molar refractivity (Wildman–Crippen MR) is 83.9 cm³/mol. The van der Waals surface area contributed by atoms with E-state index in [9.17, 15) is 4.79 Å². The lowest BCUT2D eigenvalue weighted by Crippen LogP contribution is -2.20. The summed E-state index contributed by atoms with van der Waals surface area (Å²) in [7, 11) is 0. The smallest absolute Gasteiger partial charge is 0.246 e. The third kappa shape index (κ3) is 3.13. The van der Waals surface area contributed by atoms with E-state index >= 15 is 0 Å². The van der Waals surface area contributed by atoms with E-state index in [4.69, 9.17) is 17.3 Å². The number of rotatable bonds is 3. The molecule has 0 aliphatic heterocycles. The summed E-state index contributed by atoms with van der Waals surface area (Å²) in [6.07, 6.45) is 0. The average Bonchev–Trinajstić information content (AvgIpc) is 2.61. The molecular formula is C13H14BrClN4O. The van der Waals surface area contributed by atoms with E-state index in [1.807, 2.05) is 19.9 Å². The van der Waals surface area contributed by atoms with Crippen LogP contribution in [0.2, 0.25) is 5.02 Å². The quantitative estimate of drug-likeness (QED) is 0.886. The summed E-state index contributed by atoms with van der Waals surface area (Å²) < 4.78 is 2.43. The molecule has 2 aromatic rings. The molecule has 20 heavy (non-hydrogen) atoms. The Labute approximate surface area is 130 Å². The number of hydrogen-bond acceptors (Lipinski definition) is 3. The number of nitrogens with one attached hydrogen (secondary N) is 1.